The first-order valence-corrected chi connectivity index (χ1v) is 23.6. The van der Waals surface area contributed by atoms with Gasteiger partial charge in [-0.1, -0.05) is 24.3 Å². The molecule has 6 heterocycles. The van der Waals surface area contributed by atoms with Crippen molar-refractivity contribution in [1.82, 2.24) is 40.0 Å². The Morgan fingerprint density at radius 1 is 0.704 bits per heavy atom. The van der Waals surface area contributed by atoms with Crippen LogP contribution < -0.4 is 32.1 Å². The first-order valence-electron chi connectivity index (χ1n) is 23.6. The van der Waals surface area contributed by atoms with E-state index in [1.165, 1.54) is 18.2 Å². The lowest BCUT2D eigenvalue weighted by molar-refractivity contribution is 0.0945. The number of halogens is 4. The lowest BCUT2D eigenvalue weighted by Crippen LogP contribution is -2.50. The summed E-state index contributed by atoms with van der Waals surface area (Å²) in [5.74, 6) is -3.78. The normalized spacial score (nSPS) is 15.8. The Balaban J connectivity index is 0.792. The zero-order valence-electron chi connectivity index (χ0n) is 39.2. The van der Waals surface area contributed by atoms with Gasteiger partial charge in [0.05, 0.1) is 13.2 Å². The van der Waals surface area contributed by atoms with Crippen LogP contribution in [-0.2, 0) is 17.7 Å². The number of H-pyrrole nitrogens is 1. The summed E-state index contributed by atoms with van der Waals surface area (Å²) in [4.78, 5) is 53.3. The molecular weight excluding hydrogens is 917 g/mol. The third-order valence-corrected chi connectivity index (χ3v) is 13.8. The van der Waals surface area contributed by atoms with E-state index >= 15 is 13.2 Å². The van der Waals surface area contributed by atoms with Gasteiger partial charge in [-0.2, -0.15) is 18.7 Å². The highest BCUT2D eigenvalue weighted by Crippen LogP contribution is 2.36. The minimum atomic E-state index is -0.870. The predicted octanol–water partition coefficient (Wildman–Crippen LogP) is 6.65. The molecule has 0 spiro atoms. The number of aromatic nitrogens is 5. The molecule has 7 aromatic rings. The average Bonchev–Trinajstić information content (AvgIpc) is 3.37. The second-order valence-corrected chi connectivity index (χ2v) is 18.3. The highest BCUT2D eigenvalue weighted by Gasteiger charge is 2.27. The van der Waals surface area contributed by atoms with Crippen LogP contribution in [0.5, 0.6) is 0 Å². The van der Waals surface area contributed by atoms with Gasteiger partial charge in [-0.05, 0) is 93.0 Å². The molecule has 3 aromatic heterocycles. The number of morpholine rings is 1. The van der Waals surface area contributed by atoms with E-state index in [9.17, 15) is 14.0 Å². The molecule has 1 unspecified atom stereocenters. The number of hydrogen-bond donors (Lipinski definition) is 4. The van der Waals surface area contributed by atoms with E-state index in [1.54, 1.807) is 30.3 Å². The number of carbonyl (C=O) groups excluding carboxylic acids is 1. The fourth-order valence-electron chi connectivity index (χ4n) is 9.81. The number of hydrogen-bond acceptors (Lipinski definition) is 13. The maximum atomic E-state index is 15.7. The van der Waals surface area contributed by atoms with E-state index in [0.717, 1.165) is 62.3 Å². The number of pyridine rings is 1. The minimum Gasteiger partial charge on any atom is -0.382 e. The Morgan fingerprint density at radius 2 is 1.37 bits per heavy atom. The summed E-state index contributed by atoms with van der Waals surface area (Å²) >= 11 is 0. The van der Waals surface area contributed by atoms with Crippen molar-refractivity contribution in [1.29, 1.82) is 0 Å². The standard InChI is InChI=1S/C52H52F4N12O3/c1-29(66-15-17-67(18-16-66)35-7-3-30(4-8-35)43-47(55)63-49(57)45(61-43)33-5-9-36-38(25-33)41(54)27-60-51(36)69)12-14-65(2)28-34-23-32(6-10-42(34)68-19-21-71-22-20-68)44-48(56)64-50(58)46(62-44)39-24-31-11-13-59-52(70)37(31)26-40(39)53/h3-10,23-27,29H,11-22,28H2,1-2H3,(H2,57,63)(H2,58,64)(H,59,70)(H,60,69). The fraction of sp³-hybridized carbons (Fsp3) is 0.308. The van der Waals surface area contributed by atoms with Gasteiger partial charge in [-0.25, -0.2) is 18.7 Å². The number of ether oxygens (including phenoxy) is 1. The number of nitrogen functional groups attached to an aromatic ring is 2. The van der Waals surface area contributed by atoms with Gasteiger partial charge >= 0.3 is 0 Å². The van der Waals surface area contributed by atoms with E-state index in [-0.39, 0.29) is 68.3 Å². The summed E-state index contributed by atoms with van der Waals surface area (Å²) in [6, 6.07) is 20.7. The maximum Gasteiger partial charge on any atom is 0.256 e. The zero-order chi connectivity index (χ0) is 49.5. The molecule has 2 fully saturated rings. The summed E-state index contributed by atoms with van der Waals surface area (Å²) in [5.41, 5.74) is 17.3. The van der Waals surface area contributed by atoms with Crippen LogP contribution in [0.4, 0.5) is 40.6 Å². The highest BCUT2D eigenvalue weighted by atomic mass is 19.1. The molecule has 6 N–H and O–H groups in total. The molecule has 19 heteroatoms. The van der Waals surface area contributed by atoms with Crippen molar-refractivity contribution in [2.45, 2.75) is 32.4 Å². The summed E-state index contributed by atoms with van der Waals surface area (Å²) in [6.45, 7) is 9.87. The van der Waals surface area contributed by atoms with Crippen molar-refractivity contribution in [3.05, 3.63) is 130 Å². The number of rotatable bonds is 12. The van der Waals surface area contributed by atoms with Gasteiger partial charge < -0.3 is 41.2 Å². The Hall–Kier alpha value is -7.48. The van der Waals surface area contributed by atoms with Crippen molar-refractivity contribution in [2.24, 2.45) is 0 Å². The quantitative estimate of drug-likeness (QED) is 0.0955. The molecule has 3 aliphatic rings. The summed E-state index contributed by atoms with van der Waals surface area (Å²) in [6.07, 6.45) is 2.40. The third kappa shape index (κ3) is 9.59. The molecule has 1 atom stereocenters. The summed E-state index contributed by atoms with van der Waals surface area (Å²) < 4.78 is 66.9. The first kappa shape index (κ1) is 47.2. The number of nitrogens with zero attached hydrogens (tertiary/aromatic N) is 8. The van der Waals surface area contributed by atoms with Crippen molar-refractivity contribution in [3.63, 3.8) is 0 Å². The molecule has 0 aliphatic carbocycles. The summed E-state index contributed by atoms with van der Waals surface area (Å²) in [7, 11) is 2.07. The van der Waals surface area contributed by atoms with Gasteiger partial charge in [0.15, 0.2) is 11.6 Å². The number of nitrogens with two attached hydrogens (primary N) is 2. The monoisotopic (exact) mass is 968 g/mol. The van der Waals surface area contributed by atoms with Crippen LogP contribution >= 0.6 is 0 Å². The predicted molar refractivity (Wildman–Crippen MR) is 266 cm³/mol. The lowest BCUT2D eigenvalue weighted by Gasteiger charge is -2.39. The van der Waals surface area contributed by atoms with E-state index in [0.29, 0.717) is 68.1 Å². The number of nitrogens with one attached hydrogen (secondary N) is 2. The second-order valence-electron chi connectivity index (χ2n) is 18.3. The van der Waals surface area contributed by atoms with E-state index < -0.39 is 29.1 Å². The van der Waals surface area contributed by atoms with Crippen LogP contribution in [0, 0.1) is 23.5 Å². The SMILES string of the molecule is CC(CCN(C)Cc1cc(-c2nc(-c3cc4c(cc3F)C(=O)NCC4)c(N)nc2F)ccc1N1CCOCC1)N1CCN(c2ccc(-c3nc(-c4ccc5c(=O)[nH]cc(F)c5c4)c(N)nc3F)cc2)CC1. The maximum absolute atomic E-state index is 15.7. The molecule has 4 aromatic carbocycles. The Labute approximate surface area is 406 Å². The first-order chi connectivity index (χ1) is 34.3. The van der Waals surface area contributed by atoms with Crippen molar-refractivity contribution in [2.75, 3.05) is 93.9 Å². The largest absolute Gasteiger partial charge is 0.382 e. The van der Waals surface area contributed by atoms with Crippen LogP contribution in [-0.4, -0.2) is 119 Å². The number of benzene rings is 4. The third-order valence-electron chi connectivity index (χ3n) is 13.8. The van der Waals surface area contributed by atoms with E-state index in [4.69, 9.17) is 16.2 Å². The molecular formula is C52H52F4N12O3. The van der Waals surface area contributed by atoms with E-state index in [2.05, 4.69) is 63.8 Å². The van der Waals surface area contributed by atoms with Gasteiger partial charge in [-0.15, -0.1) is 0 Å². The molecule has 71 heavy (non-hydrogen) atoms. The Morgan fingerprint density at radius 3 is 2.11 bits per heavy atom. The van der Waals surface area contributed by atoms with Gasteiger partial charge in [0, 0.05) is 115 Å². The number of piperazine rings is 1. The average molecular weight is 969 g/mol. The van der Waals surface area contributed by atoms with Crippen LogP contribution in [0.15, 0.2) is 83.8 Å². The molecule has 1 amide bonds. The smallest absolute Gasteiger partial charge is 0.256 e. The molecule has 0 saturated carbocycles. The number of amides is 1. The van der Waals surface area contributed by atoms with Gasteiger partial charge in [0.2, 0.25) is 11.9 Å². The number of fused-ring (bicyclic) bond motifs is 2. The Bertz CT molecular complexity index is 3230. The second kappa shape index (κ2) is 19.7. The minimum absolute atomic E-state index is 0.00170. The Kier molecular flexibility index (Phi) is 13.1. The van der Waals surface area contributed by atoms with Crippen molar-refractivity contribution in [3.8, 4) is 45.0 Å². The van der Waals surface area contributed by atoms with Crippen LogP contribution in [0.3, 0.4) is 0 Å². The van der Waals surface area contributed by atoms with Crippen LogP contribution in [0.2, 0.25) is 0 Å². The molecule has 2 saturated heterocycles. The highest BCUT2D eigenvalue weighted by molar-refractivity contribution is 5.97. The topological polar surface area (TPSA) is 188 Å². The number of carbonyl (C=O) groups is 1. The lowest BCUT2D eigenvalue weighted by atomic mass is 9.96. The molecule has 15 nitrogen and oxygen atoms in total. The summed E-state index contributed by atoms with van der Waals surface area (Å²) in [5, 5.41) is 2.98. The van der Waals surface area contributed by atoms with Crippen molar-refractivity contribution >= 4 is 39.7 Å². The van der Waals surface area contributed by atoms with Gasteiger partial charge in [-0.3, -0.25) is 14.5 Å². The van der Waals surface area contributed by atoms with Crippen molar-refractivity contribution < 1.29 is 27.1 Å². The molecule has 366 valence electrons. The van der Waals surface area contributed by atoms with Gasteiger partial charge in [0.25, 0.3) is 11.5 Å². The number of aromatic amines is 1. The molecule has 0 bridgehead atoms. The fourth-order valence-corrected chi connectivity index (χ4v) is 9.81. The molecule has 10 rings (SSSR count). The molecule has 0 radical (unpaired) electrons. The zero-order valence-corrected chi connectivity index (χ0v) is 39.2. The van der Waals surface area contributed by atoms with E-state index in [1.807, 2.05) is 24.3 Å². The van der Waals surface area contributed by atoms with Crippen LogP contribution in [0.25, 0.3) is 55.8 Å². The molecule has 3 aliphatic heterocycles. The number of anilines is 4. The van der Waals surface area contributed by atoms with Gasteiger partial charge in [0.1, 0.15) is 34.4 Å². The van der Waals surface area contributed by atoms with Crippen LogP contribution in [0.1, 0.15) is 34.8 Å².